The predicted octanol–water partition coefficient (Wildman–Crippen LogP) is 3.37. The average molecular weight is 417 g/mol. The molecule has 0 N–H and O–H groups in total. The Balaban J connectivity index is 1.58. The molecular weight excluding hydrogens is 384 g/mol. The lowest BCUT2D eigenvalue weighted by Crippen LogP contribution is -2.62. The summed E-state index contributed by atoms with van der Waals surface area (Å²) < 4.78 is 17.7. The van der Waals surface area contributed by atoms with Gasteiger partial charge in [-0.15, -0.1) is 0 Å². The SMILES string of the molecule is CCC(=O)OC1CC[C@H]2C3[C@H](C(=O)OC)CC4=CC(=O)CCC4(C)[C@]34O[C@@H]4CC12C. The fourth-order valence-electron chi connectivity index (χ4n) is 7.79. The quantitative estimate of drug-likeness (QED) is 0.518. The van der Waals surface area contributed by atoms with Crippen LogP contribution in [0.4, 0.5) is 0 Å². The van der Waals surface area contributed by atoms with E-state index in [0.29, 0.717) is 19.3 Å². The number of hydrogen-bond acceptors (Lipinski definition) is 6. The summed E-state index contributed by atoms with van der Waals surface area (Å²) in [5, 5.41) is 0. The summed E-state index contributed by atoms with van der Waals surface area (Å²) in [4.78, 5) is 37.3. The van der Waals surface area contributed by atoms with Crippen molar-refractivity contribution >= 4 is 17.7 Å². The Morgan fingerprint density at radius 1 is 1.27 bits per heavy atom. The molecule has 0 aromatic rings. The largest absolute Gasteiger partial charge is 0.469 e. The topological polar surface area (TPSA) is 82.2 Å². The highest BCUT2D eigenvalue weighted by Gasteiger charge is 2.81. The van der Waals surface area contributed by atoms with Crippen LogP contribution in [0.3, 0.4) is 0 Å². The molecule has 0 aromatic heterocycles. The summed E-state index contributed by atoms with van der Waals surface area (Å²) >= 11 is 0. The minimum atomic E-state index is -0.412. The summed E-state index contributed by atoms with van der Waals surface area (Å²) in [6.07, 6.45) is 6.49. The second kappa shape index (κ2) is 6.41. The normalized spacial score (nSPS) is 48.5. The molecular formula is C24H32O6. The van der Waals surface area contributed by atoms with Crippen LogP contribution in [0.2, 0.25) is 0 Å². The Morgan fingerprint density at radius 3 is 2.73 bits per heavy atom. The maximum Gasteiger partial charge on any atom is 0.309 e. The molecule has 164 valence electrons. The van der Waals surface area contributed by atoms with Crippen molar-refractivity contribution in [3.63, 3.8) is 0 Å². The van der Waals surface area contributed by atoms with E-state index in [-0.39, 0.29) is 58.5 Å². The van der Waals surface area contributed by atoms with Gasteiger partial charge in [-0.3, -0.25) is 14.4 Å². The molecule has 5 aliphatic rings. The third-order valence-corrected chi connectivity index (χ3v) is 9.35. The van der Waals surface area contributed by atoms with Crippen LogP contribution in [0.1, 0.15) is 65.7 Å². The van der Waals surface area contributed by atoms with Gasteiger partial charge in [-0.05, 0) is 44.1 Å². The maximum absolute atomic E-state index is 13.0. The summed E-state index contributed by atoms with van der Waals surface area (Å²) in [5.41, 5.74) is 0.225. The van der Waals surface area contributed by atoms with E-state index in [0.717, 1.165) is 31.3 Å². The van der Waals surface area contributed by atoms with Crippen LogP contribution in [-0.2, 0) is 28.6 Å². The number of epoxide rings is 1. The van der Waals surface area contributed by atoms with Crippen molar-refractivity contribution in [2.24, 2.45) is 28.6 Å². The highest BCUT2D eigenvalue weighted by molar-refractivity contribution is 5.92. The zero-order chi connectivity index (χ0) is 21.5. The molecule has 1 aliphatic heterocycles. The fourth-order valence-corrected chi connectivity index (χ4v) is 7.79. The molecule has 0 aromatic carbocycles. The highest BCUT2D eigenvalue weighted by atomic mass is 16.6. The third-order valence-electron chi connectivity index (χ3n) is 9.35. The fraction of sp³-hybridized carbons (Fsp3) is 0.792. The molecule has 5 rings (SSSR count). The number of ether oxygens (including phenoxy) is 3. The summed E-state index contributed by atoms with van der Waals surface area (Å²) in [5.74, 6) is -0.304. The van der Waals surface area contributed by atoms with Crippen LogP contribution in [0.5, 0.6) is 0 Å². The average Bonchev–Trinajstić information content (AvgIpc) is 3.36. The Morgan fingerprint density at radius 2 is 2.03 bits per heavy atom. The van der Waals surface area contributed by atoms with E-state index in [1.54, 1.807) is 6.08 Å². The van der Waals surface area contributed by atoms with E-state index in [2.05, 4.69) is 13.8 Å². The van der Waals surface area contributed by atoms with Crippen LogP contribution in [0.25, 0.3) is 0 Å². The molecule has 1 spiro atoms. The lowest BCUT2D eigenvalue weighted by Gasteiger charge is -2.57. The summed E-state index contributed by atoms with van der Waals surface area (Å²) in [6, 6.07) is 0. The molecule has 0 amide bonds. The van der Waals surface area contributed by atoms with E-state index in [4.69, 9.17) is 14.2 Å². The van der Waals surface area contributed by atoms with Crippen molar-refractivity contribution in [1.82, 2.24) is 0 Å². The molecule has 4 fully saturated rings. The first kappa shape index (κ1) is 20.2. The van der Waals surface area contributed by atoms with E-state index >= 15 is 0 Å². The number of hydrogen-bond donors (Lipinski definition) is 0. The van der Waals surface area contributed by atoms with Crippen molar-refractivity contribution in [2.75, 3.05) is 7.11 Å². The zero-order valence-electron chi connectivity index (χ0n) is 18.4. The Kier molecular flexibility index (Phi) is 4.32. The van der Waals surface area contributed by atoms with E-state index < -0.39 is 5.60 Å². The van der Waals surface area contributed by atoms with Gasteiger partial charge in [-0.25, -0.2) is 0 Å². The first-order valence-electron chi connectivity index (χ1n) is 11.4. The molecule has 4 unspecified atom stereocenters. The molecule has 0 radical (unpaired) electrons. The van der Waals surface area contributed by atoms with E-state index in [1.165, 1.54) is 7.11 Å². The molecule has 3 saturated carbocycles. The first-order chi connectivity index (χ1) is 14.2. The van der Waals surface area contributed by atoms with Gasteiger partial charge in [-0.2, -0.15) is 0 Å². The summed E-state index contributed by atoms with van der Waals surface area (Å²) in [6.45, 7) is 6.27. The van der Waals surface area contributed by atoms with Crippen molar-refractivity contribution in [3.8, 4) is 0 Å². The molecule has 0 bridgehead atoms. The van der Waals surface area contributed by atoms with Gasteiger partial charge in [0.25, 0.3) is 0 Å². The van der Waals surface area contributed by atoms with Crippen LogP contribution in [0.15, 0.2) is 11.6 Å². The smallest absolute Gasteiger partial charge is 0.309 e. The predicted molar refractivity (Wildman–Crippen MR) is 107 cm³/mol. The minimum absolute atomic E-state index is 0.0226. The Labute approximate surface area is 177 Å². The second-order valence-corrected chi connectivity index (χ2v) is 10.5. The monoisotopic (exact) mass is 416 g/mol. The van der Waals surface area contributed by atoms with Crippen molar-refractivity contribution in [3.05, 3.63) is 11.6 Å². The number of methoxy groups -OCH3 is 1. The molecule has 8 atom stereocenters. The molecule has 1 heterocycles. The number of esters is 2. The highest BCUT2D eigenvalue weighted by Crippen LogP contribution is 2.76. The van der Waals surface area contributed by atoms with Gasteiger partial charge < -0.3 is 14.2 Å². The van der Waals surface area contributed by atoms with Gasteiger partial charge in [0.05, 0.1) is 19.1 Å². The van der Waals surface area contributed by atoms with Crippen LogP contribution < -0.4 is 0 Å². The third kappa shape index (κ3) is 2.37. The standard InChI is InChI=1S/C24H32O6/c1-5-19(26)29-17-7-6-16-20-15(21(27)28-4)11-13-10-14(25)8-9-23(13,3)24(20)18(30-24)12-22(16,17)2/h10,15-18,20H,5-9,11-12H2,1-4H3/t15-,16+,17?,18-,20?,22?,23?,24-/m1/s1. The van der Waals surface area contributed by atoms with E-state index in [1.807, 2.05) is 6.92 Å². The summed E-state index contributed by atoms with van der Waals surface area (Å²) in [7, 11) is 1.44. The second-order valence-electron chi connectivity index (χ2n) is 10.5. The van der Waals surface area contributed by atoms with Gasteiger partial charge in [0.15, 0.2) is 5.78 Å². The molecule has 30 heavy (non-hydrogen) atoms. The molecule has 6 heteroatoms. The first-order valence-corrected chi connectivity index (χ1v) is 11.4. The van der Waals surface area contributed by atoms with Gasteiger partial charge in [-0.1, -0.05) is 26.3 Å². The van der Waals surface area contributed by atoms with Gasteiger partial charge in [0, 0.05) is 29.6 Å². The van der Waals surface area contributed by atoms with Crippen molar-refractivity contribution < 1.29 is 28.6 Å². The number of ketones is 1. The number of carbonyl (C=O) groups excluding carboxylic acids is 3. The van der Waals surface area contributed by atoms with Crippen molar-refractivity contribution in [1.29, 1.82) is 0 Å². The number of rotatable bonds is 3. The molecule has 4 aliphatic carbocycles. The number of carbonyl (C=O) groups is 3. The minimum Gasteiger partial charge on any atom is -0.469 e. The Hall–Kier alpha value is -1.69. The van der Waals surface area contributed by atoms with E-state index in [9.17, 15) is 14.4 Å². The van der Waals surface area contributed by atoms with Gasteiger partial charge in [0.1, 0.15) is 11.7 Å². The lowest BCUT2D eigenvalue weighted by molar-refractivity contribution is -0.165. The zero-order valence-corrected chi connectivity index (χ0v) is 18.4. The number of fused-ring (bicyclic) bond motifs is 3. The van der Waals surface area contributed by atoms with Gasteiger partial charge >= 0.3 is 11.9 Å². The molecule has 6 nitrogen and oxygen atoms in total. The van der Waals surface area contributed by atoms with Crippen LogP contribution >= 0.6 is 0 Å². The van der Waals surface area contributed by atoms with Crippen LogP contribution in [0, 0.1) is 28.6 Å². The molecule has 1 saturated heterocycles. The van der Waals surface area contributed by atoms with Gasteiger partial charge in [0.2, 0.25) is 0 Å². The van der Waals surface area contributed by atoms with Crippen molar-refractivity contribution in [2.45, 2.75) is 83.5 Å². The maximum atomic E-state index is 13.0. The Bertz CT molecular complexity index is 847. The van der Waals surface area contributed by atoms with Crippen LogP contribution in [-0.4, -0.2) is 42.6 Å². The lowest BCUT2D eigenvalue weighted by atomic mass is 9.44.